The van der Waals surface area contributed by atoms with Crippen molar-refractivity contribution in [2.45, 2.75) is 13.2 Å². The van der Waals surface area contributed by atoms with E-state index in [-0.39, 0.29) is 5.97 Å². The second kappa shape index (κ2) is 5.14. The maximum Gasteiger partial charge on any atom is 0.341 e. The lowest BCUT2D eigenvalue weighted by Gasteiger charge is -2.29. The second-order valence-electron chi connectivity index (χ2n) is 4.55. The molecule has 0 radical (unpaired) electrons. The van der Waals surface area contributed by atoms with Gasteiger partial charge < -0.3 is 19.1 Å². The Labute approximate surface area is 111 Å². The monoisotopic (exact) mass is 264 g/mol. The number of morpholine rings is 1. The molecule has 0 aliphatic carbocycles. The molecule has 3 rings (SSSR count). The second-order valence-corrected chi connectivity index (χ2v) is 4.55. The molecule has 102 valence electrons. The number of methoxy groups -OCH3 is 1. The quantitative estimate of drug-likeness (QED) is 0.734. The Morgan fingerprint density at radius 3 is 2.84 bits per heavy atom. The number of ether oxygens (including phenoxy) is 3. The number of hydrogen-bond acceptors (Lipinski definition) is 6. The van der Waals surface area contributed by atoms with Crippen LogP contribution in [-0.4, -0.2) is 44.4 Å². The molecule has 1 saturated heterocycles. The Balaban J connectivity index is 2.02. The van der Waals surface area contributed by atoms with Crippen molar-refractivity contribution in [3.63, 3.8) is 0 Å². The van der Waals surface area contributed by atoms with Crippen molar-refractivity contribution in [3.8, 4) is 0 Å². The Hall–Kier alpha value is -1.66. The van der Waals surface area contributed by atoms with E-state index >= 15 is 0 Å². The van der Waals surface area contributed by atoms with E-state index in [4.69, 9.17) is 14.2 Å². The molecule has 0 aromatic carbocycles. The summed E-state index contributed by atoms with van der Waals surface area (Å²) in [5.41, 5.74) is 2.39. The van der Waals surface area contributed by atoms with Crippen molar-refractivity contribution in [3.05, 3.63) is 22.9 Å². The van der Waals surface area contributed by atoms with Crippen LogP contribution in [0.3, 0.4) is 0 Å². The zero-order valence-corrected chi connectivity index (χ0v) is 10.8. The van der Waals surface area contributed by atoms with E-state index in [0.29, 0.717) is 37.8 Å². The van der Waals surface area contributed by atoms with Gasteiger partial charge in [0.1, 0.15) is 11.4 Å². The molecule has 0 saturated carbocycles. The van der Waals surface area contributed by atoms with Crippen LogP contribution in [-0.2, 0) is 27.4 Å². The van der Waals surface area contributed by atoms with Gasteiger partial charge in [-0.15, -0.1) is 0 Å². The fourth-order valence-corrected chi connectivity index (χ4v) is 2.37. The number of esters is 1. The van der Waals surface area contributed by atoms with Crippen LogP contribution in [0.2, 0.25) is 0 Å². The van der Waals surface area contributed by atoms with E-state index in [1.54, 1.807) is 0 Å². The number of carbonyl (C=O) groups is 1. The van der Waals surface area contributed by atoms with Crippen LogP contribution in [0.25, 0.3) is 0 Å². The van der Waals surface area contributed by atoms with E-state index in [2.05, 4.69) is 9.88 Å². The Morgan fingerprint density at radius 1 is 1.32 bits per heavy atom. The number of rotatable bonds is 2. The fourth-order valence-electron chi connectivity index (χ4n) is 2.37. The first kappa shape index (κ1) is 12.4. The predicted octanol–water partition coefficient (Wildman–Crippen LogP) is 0.735. The average Bonchev–Trinajstić information content (AvgIpc) is 2.93. The lowest BCUT2D eigenvalue weighted by molar-refractivity contribution is 0.0599. The third-order valence-electron chi connectivity index (χ3n) is 3.38. The minimum Gasteiger partial charge on any atom is -0.465 e. The minimum atomic E-state index is -0.358. The highest BCUT2D eigenvalue weighted by Crippen LogP contribution is 2.27. The smallest absolute Gasteiger partial charge is 0.341 e. The topological polar surface area (TPSA) is 60.9 Å². The first-order chi connectivity index (χ1) is 9.29. The summed E-state index contributed by atoms with van der Waals surface area (Å²) in [5, 5.41) is 0. The van der Waals surface area contributed by atoms with Crippen LogP contribution in [0.15, 0.2) is 6.07 Å². The molecule has 0 unspecified atom stereocenters. The molecule has 0 amide bonds. The predicted molar refractivity (Wildman–Crippen MR) is 67.1 cm³/mol. The van der Waals surface area contributed by atoms with Gasteiger partial charge in [-0.1, -0.05) is 0 Å². The minimum absolute atomic E-state index is 0.358. The number of pyridine rings is 1. The van der Waals surface area contributed by atoms with E-state index in [9.17, 15) is 4.79 Å². The van der Waals surface area contributed by atoms with Crippen molar-refractivity contribution in [2.24, 2.45) is 0 Å². The molecule has 0 spiro atoms. The first-order valence-electron chi connectivity index (χ1n) is 6.31. The lowest BCUT2D eigenvalue weighted by atomic mass is 10.1. The standard InChI is InChI=1S/C13H16N2O4/c1-17-13(16)10-6-9-7-19-8-11(9)14-12(10)15-2-4-18-5-3-15/h6H,2-5,7-8H2,1H3. The van der Waals surface area contributed by atoms with Crippen LogP contribution < -0.4 is 4.90 Å². The van der Waals surface area contributed by atoms with Gasteiger partial charge >= 0.3 is 5.97 Å². The molecule has 1 fully saturated rings. The SMILES string of the molecule is COC(=O)c1cc2c(nc1N1CCOCC1)COC2. The van der Waals surface area contributed by atoms with Gasteiger partial charge in [0.25, 0.3) is 0 Å². The number of fused-ring (bicyclic) bond motifs is 1. The maximum atomic E-state index is 11.9. The number of anilines is 1. The van der Waals surface area contributed by atoms with Crippen LogP contribution in [0.4, 0.5) is 5.82 Å². The van der Waals surface area contributed by atoms with E-state index < -0.39 is 0 Å². The Kier molecular flexibility index (Phi) is 3.35. The van der Waals surface area contributed by atoms with Crippen LogP contribution >= 0.6 is 0 Å². The van der Waals surface area contributed by atoms with Gasteiger partial charge in [-0.25, -0.2) is 9.78 Å². The lowest BCUT2D eigenvalue weighted by Crippen LogP contribution is -2.38. The van der Waals surface area contributed by atoms with Gasteiger partial charge in [0.15, 0.2) is 0 Å². The summed E-state index contributed by atoms with van der Waals surface area (Å²) in [6.45, 7) is 3.78. The van der Waals surface area contributed by atoms with E-state index in [1.165, 1.54) is 7.11 Å². The summed E-state index contributed by atoms with van der Waals surface area (Å²) in [7, 11) is 1.38. The summed E-state index contributed by atoms with van der Waals surface area (Å²) >= 11 is 0. The highest BCUT2D eigenvalue weighted by atomic mass is 16.5. The normalized spacial score (nSPS) is 18.3. The van der Waals surface area contributed by atoms with Crippen LogP contribution in [0.1, 0.15) is 21.6 Å². The highest BCUT2D eigenvalue weighted by molar-refractivity contribution is 5.95. The molecule has 6 nitrogen and oxygen atoms in total. The summed E-state index contributed by atoms with van der Waals surface area (Å²) in [6, 6.07) is 1.84. The zero-order chi connectivity index (χ0) is 13.2. The number of nitrogens with zero attached hydrogens (tertiary/aromatic N) is 2. The molecule has 2 aliphatic rings. The van der Waals surface area contributed by atoms with Gasteiger partial charge in [0.2, 0.25) is 0 Å². The van der Waals surface area contributed by atoms with Crippen molar-refractivity contribution >= 4 is 11.8 Å². The van der Waals surface area contributed by atoms with Crippen molar-refractivity contribution in [1.29, 1.82) is 0 Å². The number of hydrogen-bond donors (Lipinski definition) is 0. The molecule has 3 heterocycles. The van der Waals surface area contributed by atoms with Crippen LogP contribution in [0, 0.1) is 0 Å². The Bertz CT molecular complexity index is 498. The third-order valence-corrected chi connectivity index (χ3v) is 3.38. The van der Waals surface area contributed by atoms with Gasteiger partial charge in [0.05, 0.1) is 39.2 Å². The molecule has 0 atom stereocenters. The maximum absolute atomic E-state index is 11.9. The van der Waals surface area contributed by atoms with Gasteiger partial charge in [-0.05, 0) is 6.07 Å². The average molecular weight is 264 g/mol. The van der Waals surface area contributed by atoms with Crippen molar-refractivity contribution < 1.29 is 19.0 Å². The molecule has 6 heteroatoms. The summed E-state index contributed by atoms with van der Waals surface area (Å²) in [5.74, 6) is 0.322. The summed E-state index contributed by atoms with van der Waals surface area (Å²) in [4.78, 5) is 18.6. The molecule has 0 bridgehead atoms. The van der Waals surface area contributed by atoms with Crippen LogP contribution in [0.5, 0.6) is 0 Å². The summed E-state index contributed by atoms with van der Waals surface area (Å²) < 4.78 is 15.5. The zero-order valence-electron chi connectivity index (χ0n) is 10.8. The third kappa shape index (κ3) is 2.29. The molecule has 19 heavy (non-hydrogen) atoms. The number of aromatic nitrogens is 1. The van der Waals surface area contributed by atoms with Gasteiger partial charge in [-0.3, -0.25) is 0 Å². The molecular formula is C13H16N2O4. The highest BCUT2D eigenvalue weighted by Gasteiger charge is 2.25. The summed E-state index contributed by atoms with van der Waals surface area (Å²) in [6.07, 6.45) is 0. The fraction of sp³-hybridized carbons (Fsp3) is 0.538. The van der Waals surface area contributed by atoms with E-state index in [1.807, 2.05) is 6.07 Å². The van der Waals surface area contributed by atoms with Gasteiger partial charge in [0, 0.05) is 18.7 Å². The van der Waals surface area contributed by atoms with Crippen molar-refractivity contribution in [2.75, 3.05) is 38.3 Å². The molecule has 1 aromatic heterocycles. The van der Waals surface area contributed by atoms with Gasteiger partial charge in [-0.2, -0.15) is 0 Å². The molecule has 0 N–H and O–H groups in total. The largest absolute Gasteiger partial charge is 0.465 e. The molecular weight excluding hydrogens is 248 g/mol. The number of carbonyl (C=O) groups excluding carboxylic acids is 1. The first-order valence-corrected chi connectivity index (χ1v) is 6.31. The Morgan fingerprint density at radius 2 is 2.11 bits per heavy atom. The molecule has 1 aromatic rings. The van der Waals surface area contributed by atoms with E-state index in [0.717, 1.165) is 24.3 Å². The molecule has 2 aliphatic heterocycles. The van der Waals surface area contributed by atoms with Crippen molar-refractivity contribution in [1.82, 2.24) is 4.98 Å².